The number of benzene rings is 1. The second-order valence-corrected chi connectivity index (χ2v) is 5.71. The van der Waals surface area contributed by atoms with Crippen molar-refractivity contribution in [3.63, 3.8) is 0 Å². The SMILES string of the molecule is Cc1ccc(C)c(C(=O)N2C[C@H]3CNC[C@H]3C2)c1. The molecule has 18 heavy (non-hydrogen) atoms. The van der Waals surface area contributed by atoms with Gasteiger partial charge in [-0.1, -0.05) is 17.7 Å². The maximum Gasteiger partial charge on any atom is 0.254 e. The van der Waals surface area contributed by atoms with Crippen molar-refractivity contribution < 1.29 is 4.79 Å². The highest BCUT2D eigenvalue weighted by atomic mass is 16.2. The van der Waals surface area contributed by atoms with Crippen LogP contribution in [-0.4, -0.2) is 37.0 Å². The van der Waals surface area contributed by atoms with Gasteiger partial charge in [0.1, 0.15) is 0 Å². The van der Waals surface area contributed by atoms with E-state index in [4.69, 9.17) is 0 Å². The van der Waals surface area contributed by atoms with E-state index in [0.717, 1.165) is 42.9 Å². The quantitative estimate of drug-likeness (QED) is 0.813. The third-order valence-electron chi connectivity index (χ3n) is 4.30. The van der Waals surface area contributed by atoms with Crippen LogP contribution in [-0.2, 0) is 0 Å². The van der Waals surface area contributed by atoms with Crippen LogP contribution >= 0.6 is 0 Å². The number of rotatable bonds is 1. The van der Waals surface area contributed by atoms with E-state index >= 15 is 0 Å². The molecular weight excluding hydrogens is 224 g/mol. The molecule has 0 aromatic heterocycles. The molecule has 0 spiro atoms. The molecule has 0 bridgehead atoms. The van der Waals surface area contributed by atoms with Crippen LogP contribution in [0.3, 0.4) is 0 Å². The van der Waals surface area contributed by atoms with Gasteiger partial charge in [-0.2, -0.15) is 0 Å². The topological polar surface area (TPSA) is 32.3 Å². The molecule has 3 rings (SSSR count). The number of nitrogens with zero attached hydrogens (tertiary/aromatic N) is 1. The molecule has 0 radical (unpaired) electrons. The van der Waals surface area contributed by atoms with Crippen LogP contribution in [0.5, 0.6) is 0 Å². The smallest absolute Gasteiger partial charge is 0.254 e. The molecule has 1 aromatic rings. The zero-order valence-corrected chi connectivity index (χ0v) is 11.1. The first-order valence-corrected chi connectivity index (χ1v) is 6.72. The van der Waals surface area contributed by atoms with Crippen LogP contribution in [0, 0.1) is 25.7 Å². The highest BCUT2D eigenvalue weighted by molar-refractivity contribution is 5.96. The van der Waals surface area contributed by atoms with Crippen molar-refractivity contribution in [2.24, 2.45) is 11.8 Å². The molecule has 2 saturated heterocycles. The minimum Gasteiger partial charge on any atom is -0.338 e. The van der Waals surface area contributed by atoms with Gasteiger partial charge in [0.25, 0.3) is 5.91 Å². The Morgan fingerprint density at radius 3 is 2.56 bits per heavy atom. The van der Waals surface area contributed by atoms with Gasteiger partial charge in [0, 0.05) is 31.7 Å². The number of hydrogen-bond acceptors (Lipinski definition) is 2. The Morgan fingerprint density at radius 2 is 1.89 bits per heavy atom. The molecule has 3 heteroatoms. The van der Waals surface area contributed by atoms with E-state index in [2.05, 4.69) is 11.4 Å². The van der Waals surface area contributed by atoms with Crippen molar-refractivity contribution >= 4 is 5.91 Å². The van der Waals surface area contributed by atoms with Crippen LogP contribution in [0.2, 0.25) is 0 Å². The van der Waals surface area contributed by atoms with E-state index in [0.29, 0.717) is 11.8 Å². The predicted octanol–water partition coefficient (Wildman–Crippen LogP) is 1.59. The van der Waals surface area contributed by atoms with E-state index in [1.165, 1.54) is 0 Å². The van der Waals surface area contributed by atoms with Crippen molar-refractivity contribution in [1.29, 1.82) is 0 Å². The monoisotopic (exact) mass is 244 g/mol. The Hall–Kier alpha value is -1.35. The number of carbonyl (C=O) groups excluding carboxylic acids is 1. The van der Waals surface area contributed by atoms with Gasteiger partial charge in [-0.05, 0) is 37.3 Å². The van der Waals surface area contributed by atoms with Gasteiger partial charge in [0.2, 0.25) is 0 Å². The van der Waals surface area contributed by atoms with Crippen LogP contribution < -0.4 is 5.32 Å². The van der Waals surface area contributed by atoms with Gasteiger partial charge < -0.3 is 10.2 Å². The minimum atomic E-state index is 0.214. The molecule has 1 aromatic carbocycles. The van der Waals surface area contributed by atoms with Gasteiger partial charge >= 0.3 is 0 Å². The van der Waals surface area contributed by atoms with Gasteiger partial charge in [-0.3, -0.25) is 4.79 Å². The molecule has 2 aliphatic heterocycles. The van der Waals surface area contributed by atoms with E-state index in [9.17, 15) is 4.79 Å². The lowest BCUT2D eigenvalue weighted by Gasteiger charge is -2.19. The number of aryl methyl sites for hydroxylation is 2. The Kier molecular flexibility index (Phi) is 2.86. The van der Waals surface area contributed by atoms with Crippen molar-refractivity contribution in [1.82, 2.24) is 10.2 Å². The molecule has 3 nitrogen and oxygen atoms in total. The standard InChI is InChI=1S/C15H20N2O/c1-10-3-4-11(2)14(5-10)15(18)17-8-12-6-16-7-13(12)9-17/h3-5,12-13,16H,6-9H2,1-2H3/t12-,13+. The second-order valence-electron chi connectivity index (χ2n) is 5.71. The highest BCUT2D eigenvalue weighted by Gasteiger charge is 2.38. The lowest BCUT2D eigenvalue weighted by atomic mass is 10.0. The normalized spacial score (nSPS) is 26.4. The van der Waals surface area contributed by atoms with Gasteiger partial charge in [-0.15, -0.1) is 0 Å². The number of nitrogens with one attached hydrogen (secondary N) is 1. The lowest BCUT2D eigenvalue weighted by Crippen LogP contribution is -2.32. The first-order chi connectivity index (χ1) is 8.65. The maximum atomic E-state index is 12.6. The summed E-state index contributed by atoms with van der Waals surface area (Å²) in [6.45, 7) is 8.04. The third kappa shape index (κ3) is 1.93. The number of amides is 1. The molecule has 0 aliphatic carbocycles. The summed E-state index contributed by atoms with van der Waals surface area (Å²) in [4.78, 5) is 14.6. The molecule has 2 atom stereocenters. The summed E-state index contributed by atoms with van der Waals surface area (Å²) in [6, 6.07) is 6.12. The van der Waals surface area contributed by atoms with Crippen molar-refractivity contribution in [3.8, 4) is 0 Å². The van der Waals surface area contributed by atoms with Crippen LogP contribution in [0.1, 0.15) is 21.5 Å². The Labute approximate surface area is 108 Å². The molecule has 2 aliphatic rings. The van der Waals surface area contributed by atoms with E-state index < -0.39 is 0 Å². The average Bonchev–Trinajstić information content (AvgIpc) is 2.91. The van der Waals surface area contributed by atoms with E-state index in [-0.39, 0.29) is 5.91 Å². The number of carbonyl (C=O) groups is 1. The van der Waals surface area contributed by atoms with Gasteiger partial charge in [0.05, 0.1) is 0 Å². The van der Waals surface area contributed by atoms with Crippen LogP contribution in [0.15, 0.2) is 18.2 Å². The molecule has 96 valence electrons. The van der Waals surface area contributed by atoms with Gasteiger partial charge in [-0.25, -0.2) is 0 Å². The summed E-state index contributed by atoms with van der Waals surface area (Å²) in [5.74, 6) is 1.55. The fourth-order valence-corrected chi connectivity index (χ4v) is 3.16. The maximum absolute atomic E-state index is 12.6. The molecule has 2 fully saturated rings. The van der Waals surface area contributed by atoms with E-state index in [1.807, 2.05) is 30.9 Å². The van der Waals surface area contributed by atoms with E-state index in [1.54, 1.807) is 0 Å². The first-order valence-electron chi connectivity index (χ1n) is 6.72. The molecular formula is C15H20N2O. The average molecular weight is 244 g/mol. The Bertz CT molecular complexity index is 471. The van der Waals surface area contributed by atoms with Crippen LogP contribution in [0.4, 0.5) is 0 Å². The fraction of sp³-hybridized carbons (Fsp3) is 0.533. The summed E-state index contributed by atoms with van der Waals surface area (Å²) >= 11 is 0. The Balaban J connectivity index is 1.81. The largest absolute Gasteiger partial charge is 0.338 e. The number of fused-ring (bicyclic) bond motifs is 1. The third-order valence-corrected chi connectivity index (χ3v) is 4.30. The molecule has 0 unspecified atom stereocenters. The summed E-state index contributed by atoms with van der Waals surface area (Å²) < 4.78 is 0. The second kappa shape index (κ2) is 4.39. The summed E-state index contributed by atoms with van der Waals surface area (Å²) in [5.41, 5.74) is 3.12. The fourth-order valence-electron chi connectivity index (χ4n) is 3.16. The number of hydrogen-bond donors (Lipinski definition) is 1. The minimum absolute atomic E-state index is 0.214. The molecule has 1 N–H and O–H groups in total. The molecule has 2 heterocycles. The summed E-state index contributed by atoms with van der Waals surface area (Å²) in [6.07, 6.45) is 0. The van der Waals surface area contributed by atoms with Crippen LogP contribution in [0.25, 0.3) is 0 Å². The van der Waals surface area contributed by atoms with Gasteiger partial charge in [0.15, 0.2) is 0 Å². The van der Waals surface area contributed by atoms with Crippen molar-refractivity contribution in [2.45, 2.75) is 13.8 Å². The first kappa shape index (κ1) is 11.7. The lowest BCUT2D eigenvalue weighted by molar-refractivity contribution is 0.0781. The van der Waals surface area contributed by atoms with Crippen molar-refractivity contribution in [2.75, 3.05) is 26.2 Å². The van der Waals surface area contributed by atoms with Crippen molar-refractivity contribution in [3.05, 3.63) is 34.9 Å². The summed E-state index contributed by atoms with van der Waals surface area (Å²) in [5, 5.41) is 3.41. The molecule has 1 amide bonds. The Morgan fingerprint density at radius 1 is 1.22 bits per heavy atom. The summed E-state index contributed by atoms with van der Waals surface area (Å²) in [7, 11) is 0. The zero-order chi connectivity index (χ0) is 12.7. The number of likely N-dealkylation sites (tertiary alicyclic amines) is 1. The zero-order valence-electron chi connectivity index (χ0n) is 11.1. The highest BCUT2D eigenvalue weighted by Crippen LogP contribution is 2.28. The predicted molar refractivity (Wildman–Crippen MR) is 71.7 cm³/mol. The molecule has 0 saturated carbocycles.